The molecule has 9 aromatic rings. The first-order valence-electron chi connectivity index (χ1n) is 14.5. The van der Waals surface area contributed by atoms with Crippen LogP contribution in [-0.4, -0.2) is 0 Å². The number of hydrogen-bond donors (Lipinski definition) is 0. The first kappa shape index (κ1) is 24.2. The average molecular weight is 568 g/mol. The Kier molecular flexibility index (Phi) is 5.40. The summed E-state index contributed by atoms with van der Waals surface area (Å²) in [4.78, 5) is 2.41. The Morgan fingerprint density at radius 2 is 1.16 bits per heavy atom. The lowest BCUT2D eigenvalue weighted by Crippen LogP contribution is -2.10. The Balaban J connectivity index is 1.27. The van der Waals surface area contributed by atoms with Gasteiger partial charge in [-0.25, -0.2) is 0 Å². The third-order valence-corrected chi connectivity index (χ3v) is 9.64. The van der Waals surface area contributed by atoms with Gasteiger partial charge in [-0.2, -0.15) is 0 Å². The third kappa shape index (κ3) is 3.93. The lowest BCUT2D eigenvalue weighted by molar-refractivity contribution is 0.669. The van der Waals surface area contributed by atoms with Gasteiger partial charge in [0.15, 0.2) is 0 Å². The highest BCUT2D eigenvalue weighted by Crippen LogP contribution is 2.45. The van der Waals surface area contributed by atoms with Gasteiger partial charge in [0, 0.05) is 37.6 Å². The van der Waals surface area contributed by atoms with Crippen molar-refractivity contribution in [2.24, 2.45) is 0 Å². The minimum Gasteiger partial charge on any atom is -0.456 e. The molecule has 0 spiro atoms. The summed E-state index contributed by atoms with van der Waals surface area (Å²) in [6, 6.07) is 54.4. The number of anilines is 3. The number of fused-ring (bicyclic) bond motifs is 7. The number of para-hydroxylation sites is 1. The summed E-state index contributed by atoms with van der Waals surface area (Å²) < 4.78 is 8.78. The molecule has 2 nitrogen and oxygen atoms in total. The number of benzene rings is 7. The van der Waals surface area contributed by atoms with Crippen LogP contribution in [0.2, 0.25) is 0 Å². The van der Waals surface area contributed by atoms with E-state index in [-0.39, 0.29) is 0 Å². The molecule has 0 unspecified atom stereocenters. The lowest BCUT2D eigenvalue weighted by Gasteiger charge is -2.26. The number of furan rings is 1. The number of rotatable bonds is 4. The molecule has 0 aliphatic carbocycles. The van der Waals surface area contributed by atoms with Crippen LogP contribution < -0.4 is 4.90 Å². The van der Waals surface area contributed by atoms with Gasteiger partial charge in [-0.3, -0.25) is 0 Å². The Hall–Kier alpha value is -5.38. The maximum atomic E-state index is 6.19. The molecule has 0 fully saturated rings. The summed E-state index contributed by atoms with van der Waals surface area (Å²) in [6.45, 7) is 0. The van der Waals surface area contributed by atoms with E-state index < -0.39 is 0 Å². The molecule has 2 aromatic heterocycles. The first-order valence-corrected chi connectivity index (χ1v) is 15.3. The van der Waals surface area contributed by atoms with E-state index >= 15 is 0 Å². The number of thiophene rings is 1. The molecule has 7 aromatic carbocycles. The first-order chi connectivity index (χ1) is 21.3. The van der Waals surface area contributed by atoms with Gasteiger partial charge in [0.1, 0.15) is 11.2 Å². The summed E-state index contributed by atoms with van der Waals surface area (Å²) in [5.74, 6) is 0. The van der Waals surface area contributed by atoms with Crippen LogP contribution in [0.25, 0.3) is 64.0 Å². The highest BCUT2D eigenvalue weighted by molar-refractivity contribution is 7.26. The van der Waals surface area contributed by atoms with E-state index in [9.17, 15) is 0 Å². The summed E-state index contributed by atoms with van der Waals surface area (Å²) in [7, 11) is 0. The minimum atomic E-state index is 0.921. The van der Waals surface area contributed by atoms with E-state index in [4.69, 9.17) is 4.42 Å². The van der Waals surface area contributed by atoms with Crippen molar-refractivity contribution in [1.82, 2.24) is 0 Å². The zero-order valence-electron chi connectivity index (χ0n) is 23.2. The summed E-state index contributed by atoms with van der Waals surface area (Å²) in [6.07, 6.45) is 0. The van der Waals surface area contributed by atoms with E-state index in [2.05, 4.69) is 144 Å². The fourth-order valence-electron chi connectivity index (χ4n) is 6.36. The molecule has 0 radical (unpaired) electrons. The third-order valence-electron chi connectivity index (χ3n) is 8.43. The van der Waals surface area contributed by atoms with E-state index in [1.54, 1.807) is 0 Å². The number of hydrogen-bond acceptors (Lipinski definition) is 3. The van der Waals surface area contributed by atoms with E-state index in [1.807, 2.05) is 23.5 Å². The lowest BCUT2D eigenvalue weighted by atomic mass is 10.0. The molecule has 0 saturated heterocycles. The van der Waals surface area contributed by atoms with Crippen LogP contribution in [0.5, 0.6) is 0 Å². The quantitative estimate of drug-likeness (QED) is 0.210. The topological polar surface area (TPSA) is 16.4 Å². The monoisotopic (exact) mass is 567 g/mol. The molecular weight excluding hydrogens is 543 g/mol. The van der Waals surface area contributed by atoms with Gasteiger partial charge in [-0.15, -0.1) is 11.3 Å². The Morgan fingerprint density at radius 3 is 2.05 bits per heavy atom. The summed E-state index contributed by atoms with van der Waals surface area (Å²) >= 11 is 1.86. The van der Waals surface area contributed by atoms with E-state index in [1.165, 1.54) is 42.4 Å². The van der Waals surface area contributed by atoms with Crippen LogP contribution in [0.15, 0.2) is 156 Å². The molecule has 0 bridgehead atoms. The largest absolute Gasteiger partial charge is 0.456 e. The molecule has 43 heavy (non-hydrogen) atoms. The van der Waals surface area contributed by atoms with Crippen LogP contribution in [0.1, 0.15) is 0 Å². The fraction of sp³-hybridized carbons (Fsp3) is 0. The second-order valence-corrected chi connectivity index (χ2v) is 12.0. The Labute approximate surface area is 252 Å². The smallest absolute Gasteiger partial charge is 0.136 e. The van der Waals surface area contributed by atoms with Crippen LogP contribution in [0.4, 0.5) is 17.1 Å². The minimum absolute atomic E-state index is 0.921. The highest BCUT2D eigenvalue weighted by Gasteiger charge is 2.19. The molecular formula is C40H25NOS. The van der Waals surface area contributed by atoms with Gasteiger partial charge in [-0.05, 0) is 76.5 Å². The molecule has 3 heteroatoms. The van der Waals surface area contributed by atoms with E-state index in [0.717, 1.165) is 38.7 Å². The molecule has 0 atom stereocenters. The van der Waals surface area contributed by atoms with Crippen molar-refractivity contribution >= 4 is 81.3 Å². The summed E-state index contributed by atoms with van der Waals surface area (Å²) in [5, 5.41) is 7.23. The van der Waals surface area contributed by atoms with Gasteiger partial charge >= 0.3 is 0 Å². The molecule has 0 N–H and O–H groups in total. The van der Waals surface area contributed by atoms with Gasteiger partial charge in [0.25, 0.3) is 0 Å². The Bertz CT molecular complexity index is 2450. The maximum Gasteiger partial charge on any atom is 0.136 e. The van der Waals surface area contributed by atoms with Gasteiger partial charge in [-0.1, -0.05) is 97.1 Å². The Morgan fingerprint density at radius 1 is 0.442 bits per heavy atom. The zero-order chi connectivity index (χ0) is 28.3. The van der Waals surface area contributed by atoms with E-state index in [0.29, 0.717) is 0 Å². The molecule has 0 aliphatic heterocycles. The van der Waals surface area contributed by atoms with Crippen LogP contribution >= 0.6 is 11.3 Å². The molecule has 9 rings (SSSR count). The second kappa shape index (κ2) is 9.59. The maximum absolute atomic E-state index is 6.19. The summed E-state index contributed by atoms with van der Waals surface area (Å²) in [5.41, 5.74) is 7.69. The van der Waals surface area contributed by atoms with Gasteiger partial charge in [0.05, 0.1) is 10.4 Å². The predicted octanol–water partition coefficient (Wildman–Crippen LogP) is 12.2. The SMILES string of the molecule is c1ccc(-c2ccc(N(c3ccc4cc5oc6ccccc6c5cc4c3)c3cccc4c3sc3ccccc34)cc2)cc1. The average Bonchev–Trinajstić information content (AvgIpc) is 3.63. The fourth-order valence-corrected chi connectivity index (χ4v) is 7.57. The van der Waals surface area contributed by atoms with Crippen molar-refractivity contribution in [3.05, 3.63) is 152 Å². The van der Waals surface area contributed by atoms with Crippen LogP contribution in [-0.2, 0) is 0 Å². The van der Waals surface area contributed by atoms with Crippen molar-refractivity contribution in [2.75, 3.05) is 4.90 Å². The molecule has 202 valence electrons. The zero-order valence-corrected chi connectivity index (χ0v) is 24.0. The molecule has 0 amide bonds. The standard InChI is InChI=1S/C40H25NOS/c1-2-9-26(10-3-1)27-17-20-30(21-18-27)41(36-14-8-13-34-33-12-5-7-16-39(33)43-40(34)36)31-22-19-28-25-38-35(24-29(28)23-31)32-11-4-6-15-37(32)42-38/h1-25H. The molecule has 0 saturated carbocycles. The normalized spacial score (nSPS) is 11.7. The van der Waals surface area contributed by atoms with Crippen molar-refractivity contribution in [2.45, 2.75) is 0 Å². The van der Waals surface area contributed by atoms with Crippen LogP contribution in [0, 0.1) is 0 Å². The van der Waals surface area contributed by atoms with Gasteiger partial charge < -0.3 is 9.32 Å². The number of nitrogens with zero attached hydrogens (tertiary/aromatic N) is 1. The van der Waals surface area contributed by atoms with Crippen molar-refractivity contribution in [3.63, 3.8) is 0 Å². The van der Waals surface area contributed by atoms with Crippen molar-refractivity contribution in [3.8, 4) is 11.1 Å². The van der Waals surface area contributed by atoms with Crippen molar-refractivity contribution in [1.29, 1.82) is 0 Å². The van der Waals surface area contributed by atoms with Crippen molar-refractivity contribution < 1.29 is 4.42 Å². The highest BCUT2D eigenvalue weighted by atomic mass is 32.1. The van der Waals surface area contributed by atoms with Crippen LogP contribution in [0.3, 0.4) is 0 Å². The second-order valence-electron chi connectivity index (χ2n) is 11.0. The molecule has 0 aliphatic rings. The van der Waals surface area contributed by atoms with Gasteiger partial charge in [0.2, 0.25) is 0 Å². The molecule has 2 heterocycles. The predicted molar refractivity (Wildman–Crippen MR) is 184 cm³/mol.